The number of halogens is 2. The van der Waals surface area contributed by atoms with Gasteiger partial charge in [0.2, 0.25) is 11.8 Å². The molecular formula is C32H28F2N6O6S2. The van der Waals surface area contributed by atoms with E-state index in [1.807, 2.05) is 12.1 Å². The number of thiazole rings is 2. The van der Waals surface area contributed by atoms with Crippen molar-refractivity contribution in [3.8, 4) is 34.7 Å². The van der Waals surface area contributed by atoms with Crippen molar-refractivity contribution < 1.29 is 38.2 Å². The van der Waals surface area contributed by atoms with Gasteiger partial charge in [0.05, 0.1) is 0 Å². The van der Waals surface area contributed by atoms with Crippen molar-refractivity contribution in [2.24, 2.45) is 11.8 Å². The molecule has 0 saturated heterocycles. The van der Waals surface area contributed by atoms with E-state index in [2.05, 4.69) is 20.6 Å². The number of carboxylic acids is 2. The third-order valence-electron chi connectivity index (χ3n) is 6.63. The molecule has 48 heavy (non-hydrogen) atoms. The lowest BCUT2D eigenvalue weighted by Gasteiger charge is -2.08. The first-order chi connectivity index (χ1) is 22.8. The fraction of sp³-hybridized carbons (Fsp3) is 0.250. The molecule has 12 nitrogen and oxygen atoms in total. The number of aliphatic carboxylic acids is 2. The van der Waals surface area contributed by atoms with Crippen LogP contribution in [0.4, 0.5) is 19.0 Å². The van der Waals surface area contributed by atoms with E-state index in [-0.39, 0.29) is 47.8 Å². The lowest BCUT2D eigenvalue weighted by Crippen LogP contribution is -2.21. The zero-order chi connectivity index (χ0) is 35.4. The number of carbonyl (C=O) groups excluding carboxylic acids is 2. The summed E-state index contributed by atoms with van der Waals surface area (Å²) in [5.41, 5.74) is 1.89. The van der Waals surface area contributed by atoms with E-state index >= 15 is 0 Å². The van der Waals surface area contributed by atoms with Crippen molar-refractivity contribution in [3.63, 3.8) is 0 Å². The summed E-state index contributed by atoms with van der Waals surface area (Å²) in [5.74, 6) is -4.43. The highest BCUT2D eigenvalue weighted by Gasteiger charge is 2.20. The molecule has 2 aromatic heterocycles. The van der Waals surface area contributed by atoms with Gasteiger partial charge in [0.25, 0.3) is 0 Å². The van der Waals surface area contributed by atoms with Crippen LogP contribution in [-0.4, -0.2) is 43.9 Å². The minimum Gasteiger partial charge on any atom is -0.481 e. The molecule has 2 amide bonds. The summed E-state index contributed by atoms with van der Waals surface area (Å²) in [7, 11) is 0. The second kappa shape index (κ2) is 17.4. The predicted octanol–water partition coefficient (Wildman–Crippen LogP) is 6.52. The Morgan fingerprint density at radius 2 is 1.04 bits per heavy atom. The van der Waals surface area contributed by atoms with Crippen LogP contribution in [0, 0.1) is 46.1 Å². The second-order valence-electron chi connectivity index (χ2n) is 10.3. The van der Waals surface area contributed by atoms with E-state index in [0.717, 1.165) is 22.7 Å². The van der Waals surface area contributed by atoms with Crippen LogP contribution in [0.3, 0.4) is 0 Å². The van der Waals surface area contributed by atoms with Crippen molar-refractivity contribution in [2.75, 3.05) is 10.6 Å². The number of carboxylic acid groups (broad SMARTS) is 2. The molecule has 4 N–H and O–H groups in total. The Morgan fingerprint density at radius 1 is 0.708 bits per heavy atom. The van der Waals surface area contributed by atoms with Gasteiger partial charge in [-0.2, -0.15) is 10.5 Å². The third-order valence-corrected chi connectivity index (χ3v) is 8.38. The van der Waals surface area contributed by atoms with Crippen LogP contribution in [0.2, 0.25) is 0 Å². The Labute approximate surface area is 281 Å². The zero-order valence-corrected chi connectivity index (χ0v) is 27.1. The fourth-order valence-corrected chi connectivity index (χ4v) is 5.48. The summed E-state index contributed by atoms with van der Waals surface area (Å²) in [6.07, 6.45) is 0.221. The van der Waals surface area contributed by atoms with Gasteiger partial charge in [-0.25, -0.2) is 18.7 Å². The number of rotatable bonds is 12. The Morgan fingerprint density at radius 3 is 1.33 bits per heavy atom. The van der Waals surface area contributed by atoms with Crippen molar-refractivity contribution in [3.05, 3.63) is 69.9 Å². The molecule has 0 aliphatic carbocycles. The van der Waals surface area contributed by atoms with Crippen LogP contribution >= 0.6 is 22.7 Å². The number of nitrogens with zero attached hydrogens (tertiary/aromatic N) is 4. The molecule has 2 atom stereocenters. The van der Waals surface area contributed by atoms with Crippen LogP contribution in [0.15, 0.2) is 48.5 Å². The van der Waals surface area contributed by atoms with Gasteiger partial charge < -0.3 is 20.8 Å². The van der Waals surface area contributed by atoms with Crippen molar-refractivity contribution in [1.29, 1.82) is 10.5 Å². The van der Waals surface area contributed by atoms with Crippen molar-refractivity contribution >= 4 is 56.7 Å². The average molecular weight is 695 g/mol. The van der Waals surface area contributed by atoms with Crippen LogP contribution in [0.5, 0.6) is 0 Å². The molecule has 2 heterocycles. The third kappa shape index (κ3) is 10.8. The summed E-state index contributed by atoms with van der Waals surface area (Å²) in [6, 6.07) is 15.1. The monoisotopic (exact) mass is 694 g/mol. The summed E-state index contributed by atoms with van der Waals surface area (Å²) in [6.45, 7) is 3.25. The van der Waals surface area contributed by atoms with Gasteiger partial charge in [-0.05, 0) is 61.4 Å². The number of nitriles is 2. The summed E-state index contributed by atoms with van der Waals surface area (Å²) >= 11 is 2.03. The maximum absolute atomic E-state index is 13.0. The standard InChI is InChI=1S/2C16H14FN3O3S/c2*1-9(2-7-13(21)22)15(23)20-16-19-14(12(8-18)24-16)10-3-5-11(17)6-4-10/h2*3-6,9H,2,7H2,1H3,(H,21,22)(H,19,20,23)/t9-;/m1./s1. The Kier molecular flexibility index (Phi) is 13.3. The first-order valence-electron chi connectivity index (χ1n) is 14.2. The molecule has 248 valence electrons. The van der Waals surface area contributed by atoms with Crippen LogP contribution in [0.1, 0.15) is 49.3 Å². The predicted molar refractivity (Wildman–Crippen MR) is 174 cm³/mol. The van der Waals surface area contributed by atoms with E-state index in [1.54, 1.807) is 13.8 Å². The molecule has 4 aromatic rings. The summed E-state index contributed by atoms with van der Waals surface area (Å²) < 4.78 is 26.0. The molecule has 0 spiro atoms. The van der Waals surface area contributed by atoms with Crippen LogP contribution in [-0.2, 0) is 19.2 Å². The largest absolute Gasteiger partial charge is 0.481 e. The topological polar surface area (TPSA) is 206 Å². The number of benzene rings is 2. The SMILES string of the molecule is CC(CCC(=O)O)C(=O)Nc1nc(-c2ccc(F)cc2)c(C#N)s1.C[C@H](CCC(=O)O)C(=O)Nc1nc(-c2ccc(F)cc2)c(C#N)s1. The Bertz CT molecular complexity index is 1730. The number of anilines is 2. The van der Waals surface area contributed by atoms with Gasteiger partial charge in [0.15, 0.2) is 10.3 Å². The molecule has 16 heteroatoms. The lowest BCUT2D eigenvalue weighted by molar-refractivity contribution is -0.138. The summed E-state index contributed by atoms with van der Waals surface area (Å²) in [5, 5.41) is 41.4. The highest BCUT2D eigenvalue weighted by atomic mass is 32.1. The fourth-order valence-electron chi connectivity index (χ4n) is 3.90. The maximum atomic E-state index is 13.0. The van der Waals surface area contributed by atoms with Gasteiger partial charge in [-0.15, -0.1) is 0 Å². The van der Waals surface area contributed by atoms with Crippen LogP contribution in [0.25, 0.3) is 22.5 Å². The molecule has 2 aromatic carbocycles. The molecule has 0 fully saturated rings. The van der Waals surface area contributed by atoms with Gasteiger partial charge in [-0.1, -0.05) is 36.5 Å². The minimum absolute atomic E-state index is 0.100. The van der Waals surface area contributed by atoms with Crippen LogP contribution < -0.4 is 10.6 Å². The highest BCUT2D eigenvalue weighted by molar-refractivity contribution is 7.17. The van der Waals surface area contributed by atoms with Crippen molar-refractivity contribution in [1.82, 2.24) is 9.97 Å². The summed E-state index contributed by atoms with van der Waals surface area (Å²) in [4.78, 5) is 54.2. The van der Waals surface area contributed by atoms with E-state index in [0.29, 0.717) is 32.3 Å². The number of nitrogens with one attached hydrogen (secondary N) is 2. The second-order valence-corrected chi connectivity index (χ2v) is 12.3. The molecule has 0 saturated carbocycles. The van der Waals surface area contributed by atoms with E-state index < -0.39 is 35.4 Å². The molecule has 4 rings (SSSR count). The van der Waals surface area contributed by atoms with Gasteiger partial charge >= 0.3 is 11.9 Å². The molecule has 0 radical (unpaired) electrons. The lowest BCUT2D eigenvalue weighted by atomic mass is 10.1. The number of aromatic nitrogens is 2. The smallest absolute Gasteiger partial charge is 0.303 e. The average Bonchev–Trinajstić information content (AvgIpc) is 3.66. The van der Waals surface area contributed by atoms with Gasteiger partial charge in [-0.3, -0.25) is 19.2 Å². The number of amides is 2. The number of hydrogen-bond acceptors (Lipinski definition) is 10. The molecule has 0 bridgehead atoms. The highest BCUT2D eigenvalue weighted by Crippen LogP contribution is 2.32. The van der Waals surface area contributed by atoms with E-state index in [9.17, 15) is 38.5 Å². The molecule has 0 aliphatic heterocycles. The Balaban J connectivity index is 0.000000260. The molecular weight excluding hydrogens is 667 g/mol. The normalized spacial score (nSPS) is 11.5. The number of hydrogen-bond donors (Lipinski definition) is 4. The maximum Gasteiger partial charge on any atom is 0.303 e. The van der Waals surface area contributed by atoms with Crippen molar-refractivity contribution in [2.45, 2.75) is 39.5 Å². The minimum atomic E-state index is -0.964. The van der Waals surface area contributed by atoms with Gasteiger partial charge in [0.1, 0.15) is 44.9 Å². The number of carbonyl (C=O) groups is 4. The Hall–Kier alpha value is -5.58. The molecule has 1 unspecified atom stereocenters. The first-order valence-corrected chi connectivity index (χ1v) is 15.8. The van der Waals surface area contributed by atoms with E-state index in [1.165, 1.54) is 48.5 Å². The zero-order valence-electron chi connectivity index (χ0n) is 25.5. The molecule has 0 aliphatic rings. The van der Waals surface area contributed by atoms with E-state index in [4.69, 9.17) is 10.2 Å². The van der Waals surface area contributed by atoms with Gasteiger partial charge in [0, 0.05) is 35.8 Å². The quantitative estimate of drug-likeness (QED) is 0.126. The first kappa shape index (κ1) is 36.9.